The molecule has 0 fully saturated rings. The van der Waals surface area contributed by atoms with Crippen LogP contribution in [0, 0.1) is 0 Å². The molecule has 1 rings (SSSR count). The number of nitrogens with one attached hydrogen (secondary N) is 2. The third-order valence-corrected chi connectivity index (χ3v) is 2.29. The summed E-state index contributed by atoms with van der Waals surface area (Å²) in [6, 6.07) is 9.86. The lowest BCUT2D eigenvalue weighted by Gasteiger charge is -2.12. The predicted molar refractivity (Wildman–Crippen MR) is 67.5 cm³/mol. The van der Waals surface area contributed by atoms with Crippen molar-refractivity contribution < 1.29 is 4.79 Å². The van der Waals surface area contributed by atoms with E-state index in [0.29, 0.717) is 6.42 Å². The van der Waals surface area contributed by atoms with Crippen molar-refractivity contribution in [1.82, 2.24) is 10.9 Å². The van der Waals surface area contributed by atoms with Crippen LogP contribution < -0.4 is 16.6 Å². The van der Waals surface area contributed by atoms with Gasteiger partial charge in [-0.2, -0.15) is 0 Å². The minimum Gasteiger partial charge on any atom is -0.375 e. The molecule has 0 aliphatic heterocycles. The lowest BCUT2D eigenvalue weighted by Crippen LogP contribution is -2.44. The number of carbonyl (C=O) groups is 1. The van der Waals surface area contributed by atoms with Crippen molar-refractivity contribution in [3.05, 3.63) is 35.9 Å². The van der Waals surface area contributed by atoms with Crippen LogP contribution in [0.25, 0.3) is 0 Å². The van der Waals surface area contributed by atoms with Gasteiger partial charge in [-0.05, 0) is 23.7 Å². The fourth-order valence-corrected chi connectivity index (χ4v) is 1.41. The molecule has 0 aliphatic rings. The summed E-state index contributed by atoms with van der Waals surface area (Å²) in [5, 5.41) is 0.0562. The van der Waals surface area contributed by atoms with Crippen molar-refractivity contribution in [3.8, 4) is 0 Å². The van der Waals surface area contributed by atoms with E-state index in [1.807, 2.05) is 37.3 Å². The molecule has 0 heterocycles. The summed E-state index contributed by atoms with van der Waals surface area (Å²) in [6.07, 6.45) is 0.389. The summed E-state index contributed by atoms with van der Waals surface area (Å²) >= 11 is 4.57. The Kier molecular flexibility index (Phi) is 4.72. The van der Waals surface area contributed by atoms with Crippen LogP contribution in [0.2, 0.25) is 0 Å². The van der Waals surface area contributed by atoms with Crippen LogP contribution in [0.1, 0.15) is 24.8 Å². The van der Waals surface area contributed by atoms with Gasteiger partial charge in [0.15, 0.2) is 5.11 Å². The van der Waals surface area contributed by atoms with Gasteiger partial charge in [0, 0.05) is 6.42 Å². The Hall–Kier alpha value is -1.62. The van der Waals surface area contributed by atoms with Gasteiger partial charge >= 0.3 is 0 Å². The second kappa shape index (κ2) is 6.07. The number of hydrogen-bond donors (Lipinski definition) is 3. The predicted octanol–water partition coefficient (Wildman–Crippen LogP) is 1.04. The van der Waals surface area contributed by atoms with E-state index in [-0.39, 0.29) is 16.9 Å². The Morgan fingerprint density at radius 3 is 2.56 bits per heavy atom. The molecule has 16 heavy (non-hydrogen) atoms. The zero-order chi connectivity index (χ0) is 12.0. The number of nitrogens with two attached hydrogens (primary N) is 1. The summed E-state index contributed by atoms with van der Waals surface area (Å²) in [4.78, 5) is 11.4. The SMILES string of the molecule is CC(CC(=O)NNC(N)=S)c1ccccc1. The van der Waals surface area contributed by atoms with Crippen LogP contribution in [0.15, 0.2) is 30.3 Å². The molecule has 4 N–H and O–H groups in total. The molecular weight excluding hydrogens is 222 g/mol. The van der Waals surface area contributed by atoms with E-state index in [4.69, 9.17) is 5.73 Å². The molecular formula is C11H15N3OS. The number of carbonyl (C=O) groups excluding carboxylic acids is 1. The Morgan fingerprint density at radius 2 is 2.00 bits per heavy atom. The van der Waals surface area contributed by atoms with E-state index >= 15 is 0 Å². The van der Waals surface area contributed by atoms with Gasteiger partial charge in [0.05, 0.1) is 0 Å². The average molecular weight is 237 g/mol. The molecule has 1 aromatic carbocycles. The first-order valence-corrected chi connectivity index (χ1v) is 5.39. The van der Waals surface area contributed by atoms with Gasteiger partial charge in [-0.3, -0.25) is 15.6 Å². The zero-order valence-corrected chi connectivity index (χ0v) is 9.88. The fraction of sp³-hybridized carbons (Fsp3) is 0.273. The maximum Gasteiger partial charge on any atom is 0.238 e. The van der Waals surface area contributed by atoms with E-state index in [1.165, 1.54) is 0 Å². The van der Waals surface area contributed by atoms with E-state index < -0.39 is 0 Å². The molecule has 1 atom stereocenters. The summed E-state index contributed by atoms with van der Waals surface area (Å²) in [6.45, 7) is 2.00. The summed E-state index contributed by atoms with van der Waals surface area (Å²) in [5.74, 6) is 0.0264. The van der Waals surface area contributed by atoms with Crippen LogP contribution >= 0.6 is 12.2 Å². The second-order valence-electron chi connectivity index (χ2n) is 3.55. The van der Waals surface area contributed by atoms with Gasteiger partial charge in [0.1, 0.15) is 0 Å². The van der Waals surface area contributed by atoms with Gasteiger partial charge in [0.2, 0.25) is 5.91 Å². The van der Waals surface area contributed by atoms with Crippen LogP contribution in [-0.4, -0.2) is 11.0 Å². The van der Waals surface area contributed by atoms with Crippen molar-refractivity contribution in [3.63, 3.8) is 0 Å². The molecule has 0 radical (unpaired) electrons. The van der Waals surface area contributed by atoms with Crippen molar-refractivity contribution >= 4 is 23.2 Å². The van der Waals surface area contributed by atoms with Crippen molar-refractivity contribution in [2.75, 3.05) is 0 Å². The first kappa shape index (κ1) is 12.4. The highest BCUT2D eigenvalue weighted by molar-refractivity contribution is 7.80. The summed E-state index contributed by atoms with van der Waals surface area (Å²) < 4.78 is 0. The third kappa shape index (κ3) is 4.27. The van der Waals surface area contributed by atoms with Gasteiger partial charge in [0.25, 0.3) is 0 Å². The van der Waals surface area contributed by atoms with E-state index in [9.17, 15) is 4.79 Å². The summed E-state index contributed by atoms with van der Waals surface area (Å²) in [7, 11) is 0. The normalized spacial score (nSPS) is 11.6. The van der Waals surface area contributed by atoms with Crippen molar-refractivity contribution in [1.29, 1.82) is 0 Å². The Balaban J connectivity index is 2.43. The second-order valence-corrected chi connectivity index (χ2v) is 3.99. The molecule has 1 amide bonds. The molecule has 1 unspecified atom stereocenters. The molecule has 0 saturated carbocycles. The van der Waals surface area contributed by atoms with Crippen LogP contribution in [0.3, 0.4) is 0 Å². The first-order chi connectivity index (χ1) is 7.59. The van der Waals surface area contributed by atoms with Crippen molar-refractivity contribution in [2.45, 2.75) is 19.3 Å². The number of hydrogen-bond acceptors (Lipinski definition) is 2. The first-order valence-electron chi connectivity index (χ1n) is 4.99. The minimum absolute atomic E-state index is 0.0562. The fourth-order valence-electron chi connectivity index (χ4n) is 1.36. The number of rotatable bonds is 3. The molecule has 0 saturated heterocycles. The minimum atomic E-state index is -0.135. The Labute approximate surface area is 100 Å². The highest BCUT2D eigenvalue weighted by Gasteiger charge is 2.10. The molecule has 4 nitrogen and oxygen atoms in total. The third-order valence-electron chi connectivity index (χ3n) is 2.19. The maximum atomic E-state index is 11.4. The highest BCUT2D eigenvalue weighted by atomic mass is 32.1. The molecule has 1 aromatic rings. The van der Waals surface area contributed by atoms with E-state index in [1.54, 1.807) is 0 Å². The van der Waals surface area contributed by atoms with E-state index in [2.05, 4.69) is 23.1 Å². The average Bonchev–Trinajstić information content (AvgIpc) is 2.27. The van der Waals surface area contributed by atoms with E-state index in [0.717, 1.165) is 5.56 Å². The van der Waals surface area contributed by atoms with Gasteiger partial charge in [-0.25, -0.2) is 0 Å². The molecule has 86 valence electrons. The topological polar surface area (TPSA) is 67.2 Å². The van der Waals surface area contributed by atoms with Crippen LogP contribution in [0.5, 0.6) is 0 Å². The maximum absolute atomic E-state index is 11.4. The Bertz CT molecular complexity index is 367. The summed E-state index contributed by atoms with van der Waals surface area (Å²) in [5.41, 5.74) is 11.2. The number of benzene rings is 1. The van der Waals surface area contributed by atoms with Crippen LogP contribution in [0.4, 0.5) is 0 Å². The smallest absolute Gasteiger partial charge is 0.238 e. The lowest BCUT2D eigenvalue weighted by molar-refractivity contribution is -0.121. The van der Waals surface area contributed by atoms with Gasteiger partial charge in [-0.15, -0.1) is 0 Å². The largest absolute Gasteiger partial charge is 0.375 e. The number of hydrazine groups is 1. The number of thiocarbonyl (C=S) groups is 1. The van der Waals surface area contributed by atoms with Crippen LogP contribution in [-0.2, 0) is 4.79 Å². The number of amides is 1. The Morgan fingerprint density at radius 1 is 1.38 bits per heavy atom. The molecule has 0 spiro atoms. The zero-order valence-electron chi connectivity index (χ0n) is 9.07. The van der Waals surface area contributed by atoms with Gasteiger partial charge in [-0.1, -0.05) is 37.3 Å². The van der Waals surface area contributed by atoms with Crippen molar-refractivity contribution in [2.24, 2.45) is 5.73 Å². The lowest BCUT2D eigenvalue weighted by atomic mass is 9.98. The quantitative estimate of drug-likeness (QED) is 0.543. The standard InChI is InChI=1S/C11H15N3OS/c1-8(9-5-3-2-4-6-9)7-10(15)13-14-11(12)16/h2-6,8H,7H2,1H3,(H,13,15)(H3,12,14,16). The highest BCUT2D eigenvalue weighted by Crippen LogP contribution is 2.17. The molecule has 0 aromatic heterocycles. The monoisotopic (exact) mass is 237 g/mol. The molecule has 0 bridgehead atoms. The molecule has 0 aliphatic carbocycles. The van der Waals surface area contributed by atoms with Gasteiger partial charge < -0.3 is 5.73 Å². The molecule has 5 heteroatoms.